The van der Waals surface area contributed by atoms with Gasteiger partial charge in [-0.05, 0) is 48.0 Å². The highest BCUT2D eigenvalue weighted by Crippen LogP contribution is 2.73. The summed E-state index contributed by atoms with van der Waals surface area (Å²) in [5, 5.41) is 3.59. The standard InChI is InChI=1S/C25H17Cl4F3N2O2/c1-34(21-7-3-14(30)9-20(21)32)23(36)16-10-15(4-6-19(16)31)33-11-24(12-35)22(25(24,28)29)13-2-5-17(26)18(27)8-13/h2-10,12,22,33H,11H2,1H3. The number of rotatable bonds is 7. The van der Waals surface area contributed by atoms with Crippen LogP contribution in [0.15, 0.2) is 54.6 Å². The Hall–Kier alpha value is -2.45. The highest BCUT2D eigenvalue weighted by Gasteiger charge is 2.76. The maximum Gasteiger partial charge on any atom is 0.261 e. The second-order valence-electron chi connectivity index (χ2n) is 8.40. The Morgan fingerprint density at radius 2 is 1.72 bits per heavy atom. The number of hydrogen-bond acceptors (Lipinski definition) is 3. The highest BCUT2D eigenvalue weighted by atomic mass is 35.5. The van der Waals surface area contributed by atoms with Crippen molar-refractivity contribution in [2.24, 2.45) is 5.41 Å². The normalized spacial score (nSPS) is 20.1. The Kier molecular flexibility index (Phi) is 7.23. The molecule has 0 saturated heterocycles. The van der Waals surface area contributed by atoms with Crippen molar-refractivity contribution in [2.75, 3.05) is 23.8 Å². The summed E-state index contributed by atoms with van der Waals surface area (Å²) in [4.78, 5) is 25.9. The third-order valence-corrected chi connectivity index (χ3v) is 8.14. The van der Waals surface area contributed by atoms with E-state index in [1.165, 1.54) is 19.2 Å². The number of benzene rings is 3. The minimum atomic E-state index is -1.46. The fraction of sp³-hybridized carbons (Fsp3) is 0.200. The Balaban J connectivity index is 1.56. The van der Waals surface area contributed by atoms with Crippen molar-refractivity contribution < 1.29 is 22.8 Å². The van der Waals surface area contributed by atoms with E-state index in [9.17, 15) is 22.8 Å². The van der Waals surface area contributed by atoms with Crippen molar-refractivity contribution in [3.63, 3.8) is 0 Å². The topological polar surface area (TPSA) is 49.4 Å². The molecule has 3 aromatic carbocycles. The minimum Gasteiger partial charge on any atom is -0.384 e. The van der Waals surface area contributed by atoms with Gasteiger partial charge in [-0.15, -0.1) is 0 Å². The molecular weight excluding hydrogens is 559 g/mol. The molecule has 36 heavy (non-hydrogen) atoms. The van der Waals surface area contributed by atoms with Gasteiger partial charge >= 0.3 is 0 Å². The number of nitrogens with zero attached hydrogens (tertiary/aromatic N) is 1. The van der Waals surface area contributed by atoms with E-state index in [1.54, 1.807) is 18.2 Å². The van der Waals surface area contributed by atoms with Gasteiger partial charge < -0.3 is 15.0 Å². The van der Waals surface area contributed by atoms with Crippen LogP contribution in [-0.2, 0) is 4.79 Å². The molecule has 0 spiro atoms. The molecule has 4 rings (SSSR count). The molecule has 188 valence electrons. The number of carbonyl (C=O) groups is 2. The first-order valence-corrected chi connectivity index (χ1v) is 12.0. The van der Waals surface area contributed by atoms with Crippen molar-refractivity contribution in [3.8, 4) is 0 Å². The molecule has 1 aliphatic rings. The fourth-order valence-corrected chi connectivity index (χ4v) is 5.45. The van der Waals surface area contributed by atoms with Crippen molar-refractivity contribution in [1.29, 1.82) is 0 Å². The Labute approximate surface area is 224 Å². The van der Waals surface area contributed by atoms with Gasteiger partial charge in [-0.1, -0.05) is 52.5 Å². The first kappa shape index (κ1) is 26.6. The predicted molar refractivity (Wildman–Crippen MR) is 136 cm³/mol. The second-order valence-corrected chi connectivity index (χ2v) is 10.6. The monoisotopic (exact) mass is 574 g/mol. The van der Waals surface area contributed by atoms with Gasteiger partial charge in [0.05, 0.1) is 26.7 Å². The summed E-state index contributed by atoms with van der Waals surface area (Å²) < 4.78 is 40.4. The van der Waals surface area contributed by atoms with Crippen molar-refractivity contribution in [1.82, 2.24) is 0 Å². The Morgan fingerprint density at radius 3 is 2.36 bits per heavy atom. The zero-order valence-corrected chi connectivity index (χ0v) is 21.5. The highest BCUT2D eigenvalue weighted by molar-refractivity contribution is 6.54. The van der Waals surface area contributed by atoms with Crippen molar-refractivity contribution in [3.05, 3.63) is 93.2 Å². The lowest BCUT2D eigenvalue weighted by atomic mass is 10.00. The van der Waals surface area contributed by atoms with Crippen LogP contribution in [0.25, 0.3) is 0 Å². The van der Waals surface area contributed by atoms with E-state index in [4.69, 9.17) is 46.4 Å². The average molecular weight is 576 g/mol. The number of carbonyl (C=O) groups excluding carboxylic acids is 2. The molecule has 1 saturated carbocycles. The molecule has 0 bridgehead atoms. The van der Waals surface area contributed by atoms with E-state index >= 15 is 0 Å². The summed E-state index contributed by atoms with van der Waals surface area (Å²) in [6.45, 7) is -0.0455. The lowest BCUT2D eigenvalue weighted by molar-refractivity contribution is -0.112. The van der Waals surface area contributed by atoms with E-state index in [0.717, 1.165) is 23.1 Å². The third-order valence-electron chi connectivity index (χ3n) is 6.26. The van der Waals surface area contributed by atoms with Crippen LogP contribution < -0.4 is 10.2 Å². The van der Waals surface area contributed by atoms with Crippen LogP contribution in [0.2, 0.25) is 10.0 Å². The van der Waals surface area contributed by atoms with Crippen LogP contribution in [0.3, 0.4) is 0 Å². The van der Waals surface area contributed by atoms with E-state index in [0.29, 0.717) is 22.9 Å². The van der Waals surface area contributed by atoms with Gasteiger partial charge in [0, 0.05) is 31.3 Å². The van der Waals surface area contributed by atoms with Crippen LogP contribution in [0.4, 0.5) is 24.5 Å². The number of halogens is 7. The SMILES string of the molecule is CN(C(=O)c1cc(NCC2(C=O)C(c3ccc(Cl)c(Cl)c3)C2(Cl)Cl)ccc1F)c1ccc(F)cc1F. The van der Waals surface area contributed by atoms with Gasteiger partial charge in [-0.25, -0.2) is 13.2 Å². The molecule has 2 atom stereocenters. The van der Waals surface area contributed by atoms with Gasteiger partial charge in [0.25, 0.3) is 5.91 Å². The Morgan fingerprint density at radius 1 is 1.00 bits per heavy atom. The molecule has 0 aliphatic heterocycles. The largest absolute Gasteiger partial charge is 0.384 e. The molecule has 1 fully saturated rings. The number of amides is 1. The summed E-state index contributed by atoms with van der Waals surface area (Å²) in [5.41, 5.74) is -0.944. The molecule has 3 aromatic rings. The van der Waals surface area contributed by atoms with Gasteiger partial charge in [0.2, 0.25) is 0 Å². The zero-order chi connectivity index (χ0) is 26.4. The van der Waals surface area contributed by atoms with Gasteiger partial charge in [-0.3, -0.25) is 4.79 Å². The fourth-order valence-electron chi connectivity index (χ4n) is 4.17. The number of aldehydes is 1. The molecule has 4 nitrogen and oxygen atoms in total. The number of alkyl halides is 2. The van der Waals surface area contributed by atoms with Gasteiger partial charge in [0.15, 0.2) is 0 Å². The van der Waals surface area contributed by atoms with Crippen LogP contribution in [0.5, 0.6) is 0 Å². The summed E-state index contributed by atoms with van der Waals surface area (Å²) in [5.74, 6) is -4.11. The molecule has 0 radical (unpaired) electrons. The van der Waals surface area contributed by atoms with Gasteiger partial charge in [0.1, 0.15) is 28.1 Å². The first-order valence-electron chi connectivity index (χ1n) is 10.5. The lowest BCUT2D eigenvalue weighted by Crippen LogP contribution is -2.28. The van der Waals surface area contributed by atoms with E-state index in [-0.39, 0.29) is 28.5 Å². The lowest BCUT2D eigenvalue weighted by Gasteiger charge is -2.19. The van der Waals surface area contributed by atoms with Crippen LogP contribution in [0, 0.1) is 22.9 Å². The van der Waals surface area contributed by atoms with Crippen LogP contribution in [-0.4, -0.2) is 30.1 Å². The molecule has 0 heterocycles. The van der Waals surface area contributed by atoms with Crippen LogP contribution in [0.1, 0.15) is 21.8 Å². The third kappa shape index (κ3) is 4.54. The summed E-state index contributed by atoms with van der Waals surface area (Å²) >= 11 is 25.1. The minimum absolute atomic E-state index is 0.0455. The molecular formula is C25H17Cl4F3N2O2. The molecule has 2 unspecified atom stereocenters. The van der Waals surface area contributed by atoms with E-state index < -0.39 is 39.0 Å². The quantitative estimate of drug-likeness (QED) is 0.238. The van der Waals surface area contributed by atoms with E-state index in [2.05, 4.69) is 5.32 Å². The molecule has 1 N–H and O–H groups in total. The number of anilines is 2. The summed E-state index contributed by atoms with van der Waals surface area (Å²) in [6.07, 6.45) is 0.647. The maximum atomic E-state index is 14.5. The number of nitrogens with one attached hydrogen (secondary N) is 1. The molecule has 1 aliphatic carbocycles. The van der Waals surface area contributed by atoms with E-state index in [1.807, 2.05) is 0 Å². The van der Waals surface area contributed by atoms with Crippen molar-refractivity contribution >= 4 is 70.0 Å². The number of hydrogen-bond donors (Lipinski definition) is 1. The smallest absolute Gasteiger partial charge is 0.261 e. The average Bonchev–Trinajstić information content (AvgIpc) is 3.33. The molecule has 1 amide bonds. The molecule has 11 heteroatoms. The first-order chi connectivity index (χ1) is 16.9. The van der Waals surface area contributed by atoms with Gasteiger partial charge in [-0.2, -0.15) is 0 Å². The zero-order valence-electron chi connectivity index (χ0n) is 18.5. The predicted octanol–water partition coefficient (Wildman–Crippen LogP) is 7.26. The second kappa shape index (κ2) is 9.78. The molecule has 0 aromatic heterocycles. The van der Waals surface area contributed by atoms with Crippen LogP contribution >= 0.6 is 46.4 Å². The Bertz CT molecular complexity index is 1370. The maximum absolute atomic E-state index is 14.5. The summed E-state index contributed by atoms with van der Waals surface area (Å²) in [7, 11) is 1.24. The summed E-state index contributed by atoms with van der Waals surface area (Å²) in [6, 6.07) is 11.1. The van der Waals surface area contributed by atoms with Crippen molar-refractivity contribution in [2.45, 2.75) is 10.3 Å².